The van der Waals surface area contributed by atoms with E-state index in [0.717, 1.165) is 0 Å². The lowest BCUT2D eigenvalue weighted by Crippen LogP contribution is -2.25. The molecule has 0 spiro atoms. The first-order valence-electron chi connectivity index (χ1n) is 5.06. The average molecular weight is 262 g/mol. The zero-order chi connectivity index (χ0) is 13.8. The van der Waals surface area contributed by atoms with Gasteiger partial charge in [0.1, 0.15) is 11.5 Å². The molecular weight excluding hydrogens is 249 g/mol. The SMILES string of the molecule is CN(CCC(F)(F)F)c1cccc(C(N)=NO)n1. The van der Waals surface area contributed by atoms with Crippen molar-refractivity contribution in [3.8, 4) is 0 Å². The van der Waals surface area contributed by atoms with Gasteiger partial charge in [0.05, 0.1) is 6.42 Å². The Kier molecular flexibility index (Phi) is 4.35. The summed E-state index contributed by atoms with van der Waals surface area (Å²) < 4.78 is 36.2. The molecule has 1 rings (SSSR count). The van der Waals surface area contributed by atoms with Crippen LogP contribution in [0.4, 0.5) is 19.0 Å². The number of amidine groups is 1. The van der Waals surface area contributed by atoms with Gasteiger partial charge in [-0.05, 0) is 12.1 Å². The molecule has 0 amide bonds. The van der Waals surface area contributed by atoms with Gasteiger partial charge in [0.15, 0.2) is 5.84 Å². The third kappa shape index (κ3) is 4.11. The second kappa shape index (κ2) is 5.56. The summed E-state index contributed by atoms with van der Waals surface area (Å²) in [7, 11) is 1.49. The number of hydrogen-bond acceptors (Lipinski definition) is 4. The number of pyridine rings is 1. The molecule has 0 saturated heterocycles. The summed E-state index contributed by atoms with van der Waals surface area (Å²) in [6, 6.07) is 4.61. The lowest BCUT2D eigenvalue weighted by Gasteiger charge is -2.19. The Balaban J connectivity index is 2.77. The number of halogens is 3. The zero-order valence-corrected chi connectivity index (χ0v) is 9.65. The molecule has 0 fully saturated rings. The summed E-state index contributed by atoms with van der Waals surface area (Å²) in [6.07, 6.45) is -5.14. The fourth-order valence-corrected chi connectivity index (χ4v) is 1.24. The second-order valence-electron chi connectivity index (χ2n) is 3.65. The van der Waals surface area contributed by atoms with E-state index in [1.807, 2.05) is 0 Å². The molecule has 0 aliphatic rings. The Bertz CT molecular complexity index is 433. The molecule has 18 heavy (non-hydrogen) atoms. The number of alkyl halides is 3. The van der Waals surface area contributed by atoms with Crippen molar-refractivity contribution >= 4 is 11.7 Å². The summed E-state index contributed by atoms with van der Waals surface area (Å²) in [6.45, 7) is -0.212. The molecule has 0 atom stereocenters. The number of nitrogens with zero attached hydrogens (tertiary/aromatic N) is 3. The molecule has 5 nitrogen and oxygen atoms in total. The molecule has 1 aromatic heterocycles. The van der Waals surface area contributed by atoms with Gasteiger partial charge in [-0.3, -0.25) is 0 Å². The third-order valence-electron chi connectivity index (χ3n) is 2.23. The van der Waals surface area contributed by atoms with E-state index in [0.29, 0.717) is 5.82 Å². The summed E-state index contributed by atoms with van der Waals surface area (Å²) >= 11 is 0. The number of rotatable bonds is 4. The molecule has 0 aliphatic heterocycles. The van der Waals surface area contributed by atoms with Gasteiger partial charge < -0.3 is 15.8 Å². The molecule has 3 N–H and O–H groups in total. The largest absolute Gasteiger partial charge is 0.409 e. The van der Waals surface area contributed by atoms with Crippen molar-refractivity contribution in [3.05, 3.63) is 23.9 Å². The molecular formula is C10H13F3N4O. The fraction of sp³-hybridized carbons (Fsp3) is 0.400. The monoisotopic (exact) mass is 262 g/mol. The summed E-state index contributed by atoms with van der Waals surface area (Å²) in [5.41, 5.74) is 5.55. The molecule has 100 valence electrons. The van der Waals surface area contributed by atoms with E-state index in [1.54, 1.807) is 12.1 Å². The highest BCUT2D eigenvalue weighted by Crippen LogP contribution is 2.21. The van der Waals surface area contributed by atoms with E-state index in [2.05, 4.69) is 10.1 Å². The van der Waals surface area contributed by atoms with E-state index in [1.165, 1.54) is 18.0 Å². The second-order valence-corrected chi connectivity index (χ2v) is 3.65. The maximum Gasteiger partial charge on any atom is 0.390 e. The maximum atomic E-state index is 12.1. The minimum Gasteiger partial charge on any atom is -0.409 e. The minimum absolute atomic E-state index is 0.193. The van der Waals surface area contributed by atoms with Crippen molar-refractivity contribution in [1.82, 2.24) is 4.98 Å². The smallest absolute Gasteiger partial charge is 0.390 e. The Morgan fingerprint density at radius 2 is 2.17 bits per heavy atom. The quantitative estimate of drug-likeness (QED) is 0.374. The molecule has 0 bridgehead atoms. The van der Waals surface area contributed by atoms with Crippen molar-refractivity contribution in [2.24, 2.45) is 10.9 Å². The predicted molar refractivity (Wildman–Crippen MR) is 60.7 cm³/mol. The third-order valence-corrected chi connectivity index (χ3v) is 2.23. The lowest BCUT2D eigenvalue weighted by molar-refractivity contribution is -0.132. The Labute approximate surface area is 102 Å². The molecule has 8 heteroatoms. The Morgan fingerprint density at radius 3 is 2.72 bits per heavy atom. The van der Waals surface area contributed by atoms with Gasteiger partial charge in [0.2, 0.25) is 0 Å². The van der Waals surface area contributed by atoms with Gasteiger partial charge in [0, 0.05) is 13.6 Å². The van der Waals surface area contributed by atoms with E-state index in [4.69, 9.17) is 10.9 Å². The van der Waals surface area contributed by atoms with Crippen LogP contribution in [0, 0.1) is 0 Å². The number of nitrogens with two attached hydrogens (primary N) is 1. The van der Waals surface area contributed by atoms with Crippen molar-refractivity contribution in [3.63, 3.8) is 0 Å². The van der Waals surface area contributed by atoms with Crippen LogP contribution in [0.3, 0.4) is 0 Å². The van der Waals surface area contributed by atoms with Crippen LogP contribution < -0.4 is 10.6 Å². The van der Waals surface area contributed by atoms with Crippen molar-refractivity contribution < 1.29 is 18.4 Å². The molecule has 0 unspecified atom stereocenters. The molecule has 0 aliphatic carbocycles. The van der Waals surface area contributed by atoms with Crippen molar-refractivity contribution in [2.45, 2.75) is 12.6 Å². The number of aromatic nitrogens is 1. The van der Waals surface area contributed by atoms with E-state index in [-0.39, 0.29) is 18.1 Å². The van der Waals surface area contributed by atoms with E-state index >= 15 is 0 Å². The van der Waals surface area contributed by atoms with Crippen molar-refractivity contribution in [2.75, 3.05) is 18.5 Å². The van der Waals surface area contributed by atoms with Crippen LogP contribution in [0.5, 0.6) is 0 Å². The van der Waals surface area contributed by atoms with Crippen LogP contribution in [0.25, 0.3) is 0 Å². The highest BCUT2D eigenvalue weighted by molar-refractivity contribution is 5.95. The van der Waals surface area contributed by atoms with Gasteiger partial charge in [-0.25, -0.2) is 4.98 Å². The van der Waals surface area contributed by atoms with Gasteiger partial charge in [0.25, 0.3) is 0 Å². The molecule has 0 radical (unpaired) electrons. The fourth-order valence-electron chi connectivity index (χ4n) is 1.24. The molecule has 0 saturated carbocycles. The Hall–Kier alpha value is -1.99. The molecule has 1 aromatic rings. The van der Waals surface area contributed by atoms with Gasteiger partial charge >= 0.3 is 6.18 Å². The summed E-state index contributed by atoms with van der Waals surface area (Å²) in [5.74, 6) is 0.129. The maximum absolute atomic E-state index is 12.1. The van der Waals surface area contributed by atoms with Crippen LogP contribution in [0.1, 0.15) is 12.1 Å². The average Bonchev–Trinajstić information content (AvgIpc) is 2.34. The number of anilines is 1. The van der Waals surface area contributed by atoms with E-state index < -0.39 is 12.6 Å². The van der Waals surface area contributed by atoms with Crippen LogP contribution in [0.2, 0.25) is 0 Å². The summed E-state index contributed by atoms with van der Waals surface area (Å²) in [5, 5.41) is 11.3. The van der Waals surface area contributed by atoms with Gasteiger partial charge in [-0.15, -0.1) is 0 Å². The van der Waals surface area contributed by atoms with Gasteiger partial charge in [-0.2, -0.15) is 13.2 Å². The zero-order valence-electron chi connectivity index (χ0n) is 9.65. The van der Waals surface area contributed by atoms with Gasteiger partial charge in [-0.1, -0.05) is 11.2 Å². The normalized spacial score (nSPS) is 12.6. The standard InChI is InChI=1S/C10H13F3N4O/c1-17(6-5-10(11,12)13)8-4-2-3-7(15-8)9(14)16-18/h2-4,18H,5-6H2,1H3,(H2,14,16). The van der Waals surface area contributed by atoms with Crippen LogP contribution in [-0.4, -0.2) is 35.8 Å². The minimum atomic E-state index is -4.21. The predicted octanol–water partition coefficient (Wildman–Crippen LogP) is 1.56. The van der Waals surface area contributed by atoms with Crippen LogP contribution >= 0.6 is 0 Å². The van der Waals surface area contributed by atoms with Crippen molar-refractivity contribution in [1.29, 1.82) is 0 Å². The highest BCUT2D eigenvalue weighted by Gasteiger charge is 2.27. The topological polar surface area (TPSA) is 74.7 Å². The first-order valence-corrected chi connectivity index (χ1v) is 5.06. The Morgan fingerprint density at radius 1 is 1.50 bits per heavy atom. The molecule has 1 heterocycles. The first kappa shape index (κ1) is 14.1. The van der Waals surface area contributed by atoms with Crippen LogP contribution in [-0.2, 0) is 0 Å². The van der Waals surface area contributed by atoms with Crippen LogP contribution in [0.15, 0.2) is 23.4 Å². The molecule has 0 aromatic carbocycles. The van der Waals surface area contributed by atoms with E-state index in [9.17, 15) is 13.2 Å². The highest BCUT2D eigenvalue weighted by atomic mass is 19.4. The number of hydrogen-bond donors (Lipinski definition) is 2. The lowest BCUT2D eigenvalue weighted by atomic mass is 10.3. The summed E-state index contributed by atoms with van der Waals surface area (Å²) in [4.78, 5) is 5.34. The number of oxime groups is 1. The first-order chi connectivity index (χ1) is 8.33.